The molecule has 1 N–H and O–H groups in total. The zero-order valence-electron chi connectivity index (χ0n) is 11.4. The molecule has 0 bridgehead atoms. The van der Waals surface area contributed by atoms with E-state index in [0.29, 0.717) is 0 Å². The maximum absolute atomic E-state index is 14.4. The minimum atomic E-state index is -4.81. The molecule has 2 rings (SSSR count). The molecule has 0 aliphatic heterocycles. The number of benzene rings is 1. The Hall–Kier alpha value is -0.870. The summed E-state index contributed by atoms with van der Waals surface area (Å²) in [5.41, 5.74) is 0.267. The van der Waals surface area contributed by atoms with Crippen molar-refractivity contribution in [3.63, 3.8) is 0 Å². The third-order valence-corrected chi connectivity index (χ3v) is 5.71. The van der Waals surface area contributed by atoms with E-state index in [1.54, 1.807) is 0 Å². The van der Waals surface area contributed by atoms with Gasteiger partial charge in [0.2, 0.25) is 7.37 Å². The predicted molar refractivity (Wildman–Crippen MR) is 72.6 cm³/mol. The van der Waals surface area contributed by atoms with E-state index in [1.807, 2.05) is 0 Å². The summed E-state index contributed by atoms with van der Waals surface area (Å²) in [5, 5.41) is -0.706. The standard InChI is InChI=1S/C14H17F4O2P/c15-13-11(10-5-2-1-3-6-10)7-4-8-12(13)21(19,20)9-14(16,17)18/h4,7-8,10H,1-3,5-6,9H2,(H,19,20). The summed E-state index contributed by atoms with van der Waals surface area (Å²) in [6.07, 6.45) is -2.25. The molecule has 1 aromatic rings. The zero-order chi connectivity index (χ0) is 15.7. The molecule has 0 aromatic heterocycles. The van der Waals surface area contributed by atoms with Gasteiger partial charge in [-0.1, -0.05) is 31.4 Å². The highest BCUT2D eigenvalue weighted by molar-refractivity contribution is 7.66. The summed E-state index contributed by atoms with van der Waals surface area (Å²) in [6, 6.07) is 3.85. The van der Waals surface area contributed by atoms with Crippen molar-refractivity contribution in [1.29, 1.82) is 0 Å². The Morgan fingerprint density at radius 3 is 2.38 bits per heavy atom. The molecule has 0 amide bonds. The first-order valence-corrected chi connectivity index (χ1v) is 8.73. The largest absolute Gasteiger partial charge is 0.398 e. The van der Waals surface area contributed by atoms with E-state index >= 15 is 0 Å². The van der Waals surface area contributed by atoms with Crippen molar-refractivity contribution in [3.05, 3.63) is 29.6 Å². The average Bonchev–Trinajstić information content (AvgIpc) is 2.37. The van der Waals surface area contributed by atoms with E-state index in [2.05, 4.69) is 0 Å². The van der Waals surface area contributed by atoms with Gasteiger partial charge in [0, 0.05) is 0 Å². The van der Waals surface area contributed by atoms with Gasteiger partial charge in [-0.15, -0.1) is 0 Å². The first kappa shape index (κ1) is 16.5. The van der Waals surface area contributed by atoms with Crippen LogP contribution < -0.4 is 5.30 Å². The van der Waals surface area contributed by atoms with Crippen LogP contribution in [0.1, 0.15) is 43.6 Å². The number of halogens is 4. The van der Waals surface area contributed by atoms with Crippen molar-refractivity contribution in [3.8, 4) is 0 Å². The Balaban J connectivity index is 2.35. The molecule has 1 unspecified atom stereocenters. The van der Waals surface area contributed by atoms with Crippen LogP contribution >= 0.6 is 7.37 Å². The molecule has 1 fully saturated rings. The number of alkyl halides is 3. The van der Waals surface area contributed by atoms with Crippen LogP contribution in [0.3, 0.4) is 0 Å². The van der Waals surface area contributed by atoms with Crippen molar-refractivity contribution >= 4 is 12.7 Å². The summed E-state index contributed by atoms with van der Waals surface area (Å²) in [7, 11) is -4.78. The lowest BCUT2D eigenvalue weighted by atomic mass is 9.84. The van der Waals surface area contributed by atoms with Crippen LogP contribution in [0.4, 0.5) is 17.6 Å². The minimum Gasteiger partial charge on any atom is -0.341 e. The first-order chi connectivity index (χ1) is 9.71. The maximum atomic E-state index is 14.4. The molecular formula is C14H17F4O2P. The fraction of sp³-hybridized carbons (Fsp3) is 0.571. The third kappa shape index (κ3) is 4.07. The Morgan fingerprint density at radius 2 is 1.81 bits per heavy atom. The number of rotatable bonds is 3. The van der Waals surface area contributed by atoms with Crippen LogP contribution in [0.25, 0.3) is 0 Å². The van der Waals surface area contributed by atoms with Gasteiger partial charge in [0.15, 0.2) is 0 Å². The van der Waals surface area contributed by atoms with Gasteiger partial charge in [-0.25, -0.2) is 4.39 Å². The van der Waals surface area contributed by atoms with Crippen molar-refractivity contribution in [2.24, 2.45) is 0 Å². The Bertz CT molecular complexity index is 550. The minimum absolute atomic E-state index is 0.0791. The monoisotopic (exact) mass is 324 g/mol. The van der Waals surface area contributed by atoms with E-state index in [1.165, 1.54) is 12.1 Å². The normalized spacial score (nSPS) is 20.2. The summed E-state index contributed by atoms with van der Waals surface area (Å²) < 4.78 is 63.4. The average molecular weight is 324 g/mol. The highest BCUT2D eigenvalue weighted by Gasteiger charge is 2.41. The van der Waals surface area contributed by atoms with Crippen molar-refractivity contribution in [1.82, 2.24) is 0 Å². The summed E-state index contributed by atoms with van der Waals surface area (Å²) in [5.74, 6) is -1.02. The highest BCUT2D eigenvalue weighted by atomic mass is 31.2. The fourth-order valence-corrected chi connectivity index (χ4v) is 4.28. The van der Waals surface area contributed by atoms with Crippen molar-refractivity contribution < 1.29 is 27.0 Å². The number of hydrogen-bond acceptors (Lipinski definition) is 1. The second-order valence-corrected chi connectivity index (χ2v) is 7.69. The second kappa shape index (κ2) is 6.09. The van der Waals surface area contributed by atoms with Gasteiger partial charge >= 0.3 is 6.18 Å². The molecule has 21 heavy (non-hydrogen) atoms. The molecule has 1 saturated carbocycles. The predicted octanol–water partition coefficient (Wildman–Crippen LogP) is 4.33. The summed E-state index contributed by atoms with van der Waals surface area (Å²) in [4.78, 5) is 9.62. The quantitative estimate of drug-likeness (QED) is 0.664. The van der Waals surface area contributed by atoms with E-state index in [0.717, 1.165) is 38.2 Å². The van der Waals surface area contributed by atoms with Crippen LogP contribution in [-0.2, 0) is 4.57 Å². The molecule has 0 heterocycles. The molecule has 1 aromatic carbocycles. The lowest BCUT2D eigenvalue weighted by molar-refractivity contribution is -0.107. The van der Waals surface area contributed by atoms with Crippen LogP contribution in [0, 0.1) is 5.82 Å². The van der Waals surface area contributed by atoms with Crippen molar-refractivity contribution in [2.45, 2.75) is 44.2 Å². The second-order valence-electron chi connectivity index (χ2n) is 5.49. The SMILES string of the molecule is O=P(O)(CC(F)(F)F)c1cccc(C2CCCCC2)c1F. The van der Waals surface area contributed by atoms with Crippen molar-refractivity contribution in [2.75, 3.05) is 6.16 Å². The maximum Gasteiger partial charge on any atom is 0.398 e. The molecular weight excluding hydrogens is 307 g/mol. The molecule has 1 aliphatic rings. The van der Waals surface area contributed by atoms with Gasteiger partial charge in [-0.2, -0.15) is 13.2 Å². The zero-order valence-corrected chi connectivity index (χ0v) is 12.3. The van der Waals surface area contributed by atoms with E-state index in [4.69, 9.17) is 0 Å². The van der Waals surface area contributed by atoms with Crippen LogP contribution in [0.2, 0.25) is 0 Å². The molecule has 1 aliphatic carbocycles. The Kier molecular flexibility index (Phi) is 4.79. The highest BCUT2D eigenvalue weighted by Crippen LogP contribution is 2.46. The third-order valence-electron chi connectivity index (χ3n) is 3.82. The van der Waals surface area contributed by atoms with Gasteiger partial charge < -0.3 is 4.89 Å². The lowest BCUT2D eigenvalue weighted by Gasteiger charge is -2.24. The molecule has 118 valence electrons. The van der Waals surface area contributed by atoms with Gasteiger partial charge in [-0.05, 0) is 30.4 Å². The Morgan fingerprint density at radius 1 is 1.19 bits per heavy atom. The molecule has 0 radical (unpaired) electrons. The molecule has 0 spiro atoms. The topological polar surface area (TPSA) is 37.3 Å². The van der Waals surface area contributed by atoms with Crippen LogP contribution in [0.5, 0.6) is 0 Å². The van der Waals surface area contributed by atoms with E-state index < -0.39 is 30.8 Å². The van der Waals surface area contributed by atoms with Gasteiger partial charge in [0.25, 0.3) is 0 Å². The summed E-state index contributed by atoms with van der Waals surface area (Å²) in [6.45, 7) is 0. The molecule has 0 saturated heterocycles. The fourth-order valence-electron chi connectivity index (χ4n) is 2.86. The van der Waals surface area contributed by atoms with Gasteiger partial charge in [0.1, 0.15) is 12.0 Å². The first-order valence-electron chi connectivity index (χ1n) is 6.88. The van der Waals surface area contributed by atoms with E-state index in [-0.39, 0.29) is 11.5 Å². The molecule has 2 nitrogen and oxygen atoms in total. The van der Waals surface area contributed by atoms with Gasteiger partial charge in [-0.3, -0.25) is 4.57 Å². The van der Waals surface area contributed by atoms with Crippen LogP contribution in [-0.4, -0.2) is 17.2 Å². The van der Waals surface area contributed by atoms with Crippen LogP contribution in [0.15, 0.2) is 18.2 Å². The summed E-state index contributed by atoms with van der Waals surface area (Å²) >= 11 is 0. The lowest BCUT2D eigenvalue weighted by Crippen LogP contribution is -2.23. The smallest absolute Gasteiger partial charge is 0.341 e. The number of hydrogen-bond donors (Lipinski definition) is 1. The van der Waals surface area contributed by atoms with E-state index in [9.17, 15) is 27.0 Å². The molecule has 7 heteroatoms. The van der Waals surface area contributed by atoms with Gasteiger partial charge in [0.05, 0.1) is 5.30 Å². The molecule has 1 atom stereocenters. The Labute approximate surface area is 120 Å².